The van der Waals surface area contributed by atoms with Gasteiger partial charge in [-0.05, 0) is 39.7 Å². The number of carbonyl (C=O) groups is 1. The molecule has 0 saturated carbocycles. The maximum atomic E-state index is 11.5. The fraction of sp³-hybridized carbons (Fsp3) is 0.833. The molecule has 96 valence electrons. The Morgan fingerprint density at radius 3 is 2.88 bits per heavy atom. The number of nitriles is 1. The molecule has 17 heavy (non-hydrogen) atoms. The third-order valence-corrected chi connectivity index (χ3v) is 2.70. The van der Waals surface area contributed by atoms with Gasteiger partial charge in [-0.25, -0.2) is 4.79 Å². The number of amides is 1. The van der Waals surface area contributed by atoms with Gasteiger partial charge in [0.05, 0.1) is 12.0 Å². The van der Waals surface area contributed by atoms with Gasteiger partial charge in [-0.3, -0.25) is 0 Å². The number of piperidine rings is 1. The van der Waals surface area contributed by atoms with E-state index < -0.39 is 11.7 Å². The molecule has 0 bridgehead atoms. The molecule has 5 nitrogen and oxygen atoms in total. The lowest BCUT2D eigenvalue weighted by atomic mass is 9.87. The van der Waals surface area contributed by atoms with Crippen LogP contribution in [0.3, 0.4) is 0 Å². The molecule has 0 radical (unpaired) electrons. The molecule has 2 unspecified atom stereocenters. The van der Waals surface area contributed by atoms with Gasteiger partial charge in [-0.1, -0.05) is 0 Å². The highest BCUT2D eigenvalue weighted by Crippen LogP contribution is 2.17. The molecule has 0 aromatic heterocycles. The van der Waals surface area contributed by atoms with Crippen molar-refractivity contribution in [2.45, 2.75) is 32.8 Å². The van der Waals surface area contributed by atoms with Crippen molar-refractivity contribution < 1.29 is 9.53 Å². The van der Waals surface area contributed by atoms with E-state index in [1.165, 1.54) is 0 Å². The van der Waals surface area contributed by atoms with E-state index in [0.717, 1.165) is 13.0 Å². The third-order valence-electron chi connectivity index (χ3n) is 2.70. The first-order valence-corrected chi connectivity index (χ1v) is 5.99. The summed E-state index contributed by atoms with van der Waals surface area (Å²) in [5, 5.41) is 14.9. The van der Waals surface area contributed by atoms with E-state index in [1.54, 1.807) is 0 Å². The number of alkyl carbamates (subject to hydrolysis) is 1. The van der Waals surface area contributed by atoms with Crippen molar-refractivity contribution in [3.8, 4) is 6.07 Å². The number of carbonyl (C=O) groups excluding carboxylic acids is 1. The quantitative estimate of drug-likeness (QED) is 0.760. The Morgan fingerprint density at radius 2 is 2.29 bits per heavy atom. The minimum Gasteiger partial charge on any atom is -0.444 e. The Balaban J connectivity index is 2.34. The predicted octanol–water partition coefficient (Wildman–Crippen LogP) is 1.26. The molecule has 1 rings (SSSR count). The van der Waals surface area contributed by atoms with Crippen LogP contribution in [0.5, 0.6) is 0 Å². The summed E-state index contributed by atoms with van der Waals surface area (Å²) in [6.45, 7) is 7.60. The number of nitrogens with one attached hydrogen (secondary N) is 2. The lowest BCUT2D eigenvalue weighted by Crippen LogP contribution is -2.42. The van der Waals surface area contributed by atoms with Crippen LogP contribution in [0.2, 0.25) is 0 Å². The highest BCUT2D eigenvalue weighted by atomic mass is 16.6. The van der Waals surface area contributed by atoms with Gasteiger partial charge >= 0.3 is 6.09 Å². The maximum absolute atomic E-state index is 11.5. The summed E-state index contributed by atoms with van der Waals surface area (Å²) in [4.78, 5) is 11.5. The standard InChI is InChI=1S/C12H21N3O2/c1-12(2,3)17-11(16)15-8-9-4-5-14-7-10(9)6-13/h9-10,14H,4-5,7-8H2,1-3H3,(H,15,16). The van der Waals surface area contributed by atoms with Crippen LogP contribution in [0.25, 0.3) is 0 Å². The highest BCUT2D eigenvalue weighted by molar-refractivity contribution is 5.67. The fourth-order valence-electron chi connectivity index (χ4n) is 1.84. The van der Waals surface area contributed by atoms with Gasteiger partial charge in [0.2, 0.25) is 0 Å². The van der Waals surface area contributed by atoms with Gasteiger partial charge in [0.25, 0.3) is 0 Å². The van der Waals surface area contributed by atoms with Gasteiger partial charge in [0, 0.05) is 13.1 Å². The van der Waals surface area contributed by atoms with Gasteiger partial charge in [0.1, 0.15) is 5.60 Å². The van der Waals surface area contributed by atoms with Gasteiger partial charge < -0.3 is 15.4 Å². The van der Waals surface area contributed by atoms with Gasteiger partial charge in [0.15, 0.2) is 0 Å². The van der Waals surface area contributed by atoms with Crippen molar-refractivity contribution in [3.63, 3.8) is 0 Å². The monoisotopic (exact) mass is 239 g/mol. The van der Waals surface area contributed by atoms with Crippen molar-refractivity contribution in [1.82, 2.24) is 10.6 Å². The molecule has 1 aliphatic rings. The first kappa shape index (κ1) is 13.8. The van der Waals surface area contributed by atoms with Crippen molar-refractivity contribution in [1.29, 1.82) is 5.26 Å². The maximum Gasteiger partial charge on any atom is 0.407 e. The zero-order chi connectivity index (χ0) is 12.9. The molecule has 0 aliphatic carbocycles. The van der Waals surface area contributed by atoms with Crippen LogP contribution >= 0.6 is 0 Å². The molecule has 2 N–H and O–H groups in total. The Morgan fingerprint density at radius 1 is 1.59 bits per heavy atom. The van der Waals surface area contributed by atoms with E-state index in [2.05, 4.69) is 16.7 Å². The summed E-state index contributed by atoms with van der Waals surface area (Å²) in [6.07, 6.45) is 0.501. The fourth-order valence-corrected chi connectivity index (χ4v) is 1.84. The van der Waals surface area contributed by atoms with Crippen LogP contribution in [0.4, 0.5) is 4.79 Å². The summed E-state index contributed by atoms with van der Waals surface area (Å²) < 4.78 is 5.15. The van der Waals surface area contributed by atoms with Crippen molar-refractivity contribution >= 4 is 6.09 Å². The second-order valence-corrected chi connectivity index (χ2v) is 5.37. The van der Waals surface area contributed by atoms with Crippen molar-refractivity contribution in [2.24, 2.45) is 11.8 Å². The number of hydrogen-bond acceptors (Lipinski definition) is 4. The van der Waals surface area contributed by atoms with E-state index in [9.17, 15) is 4.79 Å². The normalized spacial score (nSPS) is 24.8. The Bertz CT molecular complexity index is 304. The molecule has 0 aromatic rings. The first-order chi connectivity index (χ1) is 7.92. The number of rotatable bonds is 2. The molecule has 1 heterocycles. The van der Waals surface area contributed by atoms with Crippen molar-refractivity contribution in [3.05, 3.63) is 0 Å². The minimum absolute atomic E-state index is 0.0290. The predicted molar refractivity (Wildman–Crippen MR) is 64.3 cm³/mol. The molecule has 0 aromatic carbocycles. The largest absolute Gasteiger partial charge is 0.444 e. The molecule has 1 amide bonds. The average molecular weight is 239 g/mol. The third kappa shape index (κ3) is 5.05. The van der Waals surface area contributed by atoms with E-state index >= 15 is 0 Å². The average Bonchev–Trinajstić information content (AvgIpc) is 2.24. The van der Waals surface area contributed by atoms with Crippen LogP contribution in [0, 0.1) is 23.2 Å². The molecular weight excluding hydrogens is 218 g/mol. The summed E-state index contributed by atoms with van der Waals surface area (Å²) >= 11 is 0. The second-order valence-electron chi connectivity index (χ2n) is 5.37. The van der Waals surface area contributed by atoms with E-state index in [0.29, 0.717) is 13.1 Å². The molecular formula is C12H21N3O2. The summed E-state index contributed by atoms with van der Waals surface area (Å²) in [7, 11) is 0. The van der Waals surface area contributed by atoms with E-state index in [-0.39, 0.29) is 11.8 Å². The lowest BCUT2D eigenvalue weighted by molar-refractivity contribution is 0.0512. The zero-order valence-electron chi connectivity index (χ0n) is 10.7. The SMILES string of the molecule is CC(C)(C)OC(=O)NCC1CCNCC1C#N. The number of hydrogen-bond donors (Lipinski definition) is 2. The first-order valence-electron chi connectivity index (χ1n) is 5.99. The smallest absolute Gasteiger partial charge is 0.407 e. The molecule has 1 saturated heterocycles. The summed E-state index contributed by atoms with van der Waals surface area (Å²) in [5.41, 5.74) is -0.479. The van der Waals surface area contributed by atoms with E-state index in [4.69, 9.17) is 10.00 Å². The van der Waals surface area contributed by atoms with E-state index in [1.807, 2.05) is 20.8 Å². The highest BCUT2D eigenvalue weighted by Gasteiger charge is 2.25. The zero-order valence-corrected chi connectivity index (χ0v) is 10.7. The second kappa shape index (κ2) is 5.87. The molecule has 0 spiro atoms. The number of ether oxygens (including phenoxy) is 1. The lowest BCUT2D eigenvalue weighted by Gasteiger charge is -2.28. The molecule has 2 atom stereocenters. The summed E-state index contributed by atoms with van der Waals surface area (Å²) in [6, 6.07) is 2.27. The van der Waals surface area contributed by atoms with Gasteiger partial charge in [-0.15, -0.1) is 0 Å². The van der Waals surface area contributed by atoms with Crippen LogP contribution in [-0.2, 0) is 4.74 Å². The van der Waals surface area contributed by atoms with Crippen molar-refractivity contribution in [2.75, 3.05) is 19.6 Å². The van der Waals surface area contributed by atoms with Crippen LogP contribution in [0.15, 0.2) is 0 Å². The molecule has 1 aliphatic heterocycles. The molecule has 5 heteroatoms. The Hall–Kier alpha value is -1.28. The summed E-state index contributed by atoms with van der Waals surface area (Å²) in [5.74, 6) is 0.187. The molecule has 1 fully saturated rings. The Labute approximate surface area is 103 Å². The van der Waals surface area contributed by atoms with Crippen LogP contribution in [0.1, 0.15) is 27.2 Å². The van der Waals surface area contributed by atoms with Crippen LogP contribution in [-0.4, -0.2) is 31.3 Å². The topological polar surface area (TPSA) is 74.2 Å². The van der Waals surface area contributed by atoms with Gasteiger partial charge in [-0.2, -0.15) is 5.26 Å². The Kier molecular flexibility index (Phi) is 4.76. The number of nitrogens with zero attached hydrogens (tertiary/aromatic N) is 1. The minimum atomic E-state index is -0.479. The van der Waals surface area contributed by atoms with Crippen LogP contribution < -0.4 is 10.6 Å².